The predicted octanol–water partition coefficient (Wildman–Crippen LogP) is 4.03. The number of halogens is 1. The van der Waals surface area contributed by atoms with E-state index in [1.807, 2.05) is 13.8 Å². The zero-order valence-corrected chi connectivity index (χ0v) is 17.1. The molecular weight excluding hydrogens is 405 g/mol. The normalized spacial score (nSPS) is 12.9. The van der Waals surface area contributed by atoms with Gasteiger partial charge in [-0.15, -0.1) is 0 Å². The average molecular weight is 423 g/mol. The van der Waals surface area contributed by atoms with Crippen molar-refractivity contribution < 1.29 is 9.13 Å². The molecule has 0 saturated heterocycles. The fraction of sp³-hybridized carbons (Fsp3) is 0.200. The second-order valence-electron chi connectivity index (χ2n) is 6.99. The third-order valence-electron chi connectivity index (χ3n) is 5.07. The number of hydrogen-bond acceptors (Lipinski definition) is 9. The molecule has 4 heterocycles. The lowest BCUT2D eigenvalue weighted by atomic mass is 9.98. The molecule has 0 saturated carbocycles. The Morgan fingerprint density at radius 3 is 2.87 bits per heavy atom. The first-order valence-electron chi connectivity index (χ1n) is 9.32. The number of ether oxygens (including phenoxy) is 1. The Morgan fingerprint density at radius 1 is 1.20 bits per heavy atom. The standard InChI is InChI=1S/C20H18FN7OS/c1-9-6-26-30-19(9)28-20-25-8-13-14(27-20)5-11(15(21)16(13)22)12-7-24-18-17(10(12)2)23-3-4-29-18/h5-8,23H,3-4,22H2,1-2H3,(H,25,27,28). The van der Waals surface area contributed by atoms with Crippen molar-refractivity contribution in [3.63, 3.8) is 0 Å². The first-order valence-corrected chi connectivity index (χ1v) is 10.1. The first kappa shape index (κ1) is 18.5. The van der Waals surface area contributed by atoms with Gasteiger partial charge in [0.2, 0.25) is 11.8 Å². The second-order valence-corrected chi connectivity index (χ2v) is 7.80. The molecule has 1 aliphatic heterocycles. The van der Waals surface area contributed by atoms with Crippen molar-refractivity contribution >= 4 is 44.8 Å². The Labute approximate surface area is 175 Å². The van der Waals surface area contributed by atoms with Gasteiger partial charge in [-0.05, 0) is 37.0 Å². The van der Waals surface area contributed by atoms with E-state index in [0.29, 0.717) is 47.0 Å². The molecule has 0 unspecified atom stereocenters. The number of aromatic nitrogens is 4. The van der Waals surface area contributed by atoms with Crippen molar-refractivity contribution in [2.75, 3.05) is 29.5 Å². The van der Waals surface area contributed by atoms with Gasteiger partial charge in [0, 0.05) is 47.2 Å². The summed E-state index contributed by atoms with van der Waals surface area (Å²) in [7, 11) is 0. The molecule has 4 N–H and O–H groups in total. The summed E-state index contributed by atoms with van der Waals surface area (Å²) in [6.45, 7) is 5.06. The van der Waals surface area contributed by atoms with Crippen LogP contribution in [0.1, 0.15) is 11.1 Å². The molecule has 0 radical (unpaired) electrons. The number of aryl methyl sites for hydroxylation is 1. The van der Waals surface area contributed by atoms with Crippen LogP contribution in [0.25, 0.3) is 22.0 Å². The van der Waals surface area contributed by atoms with Crippen LogP contribution in [0.2, 0.25) is 0 Å². The number of anilines is 4. The third kappa shape index (κ3) is 2.96. The molecule has 4 aromatic rings. The Morgan fingerprint density at radius 2 is 2.07 bits per heavy atom. The van der Waals surface area contributed by atoms with Gasteiger partial charge in [-0.3, -0.25) is 0 Å². The number of rotatable bonds is 3. The van der Waals surface area contributed by atoms with Crippen LogP contribution in [0, 0.1) is 19.7 Å². The maximum absolute atomic E-state index is 15.2. The van der Waals surface area contributed by atoms with E-state index in [4.69, 9.17) is 10.5 Å². The summed E-state index contributed by atoms with van der Waals surface area (Å²) < 4.78 is 24.9. The topological polar surface area (TPSA) is 111 Å². The highest BCUT2D eigenvalue weighted by Gasteiger charge is 2.21. The lowest BCUT2D eigenvalue weighted by Crippen LogP contribution is -2.20. The van der Waals surface area contributed by atoms with Crippen molar-refractivity contribution in [3.05, 3.63) is 41.6 Å². The Balaban J connectivity index is 1.64. The number of benzene rings is 1. The average Bonchev–Trinajstić information content (AvgIpc) is 3.16. The van der Waals surface area contributed by atoms with Crippen LogP contribution in [0.4, 0.5) is 26.7 Å². The molecule has 1 aromatic carbocycles. The minimum absolute atomic E-state index is 0.00403. The molecule has 152 valence electrons. The van der Waals surface area contributed by atoms with Crippen LogP contribution in [0.5, 0.6) is 5.88 Å². The largest absolute Gasteiger partial charge is 0.474 e. The van der Waals surface area contributed by atoms with Crippen LogP contribution in [-0.4, -0.2) is 32.5 Å². The highest BCUT2D eigenvalue weighted by Crippen LogP contribution is 2.39. The van der Waals surface area contributed by atoms with Crippen LogP contribution in [0.3, 0.4) is 0 Å². The number of hydrogen-bond donors (Lipinski definition) is 3. The smallest absolute Gasteiger partial charge is 0.237 e. The Hall–Kier alpha value is -3.53. The highest BCUT2D eigenvalue weighted by atomic mass is 32.1. The van der Waals surface area contributed by atoms with Gasteiger partial charge in [-0.1, -0.05) is 0 Å². The fourth-order valence-electron chi connectivity index (χ4n) is 3.44. The van der Waals surface area contributed by atoms with Crippen LogP contribution >= 0.6 is 11.5 Å². The number of nitrogens with two attached hydrogens (primary N) is 1. The highest BCUT2D eigenvalue weighted by molar-refractivity contribution is 7.10. The van der Waals surface area contributed by atoms with Crippen LogP contribution in [0.15, 0.2) is 24.7 Å². The molecule has 0 aliphatic carbocycles. The number of nitrogen functional groups attached to an aromatic ring is 1. The molecule has 3 aromatic heterocycles. The van der Waals surface area contributed by atoms with E-state index >= 15 is 4.39 Å². The monoisotopic (exact) mass is 423 g/mol. The van der Waals surface area contributed by atoms with Crippen molar-refractivity contribution in [1.29, 1.82) is 0 Å². The quantitative estimate of drug-likeness (QED) is 0.424. The molecule has 0 atom stereocenters. The minimum Gasteiger partial charge on any atom is -0.474 e. The van der Waals surface area contributed by atoms with E-state index in [0.717, 1.165) is 21.8 Å². The molecule has 0 fully saturated rings. The molecule has 5 rings (SSSR count). The summed E-state index contributed by atoms with van der Waals surface area (Å²) in [5.74, 6) is 0.388. The first-order chi connectivity index (χ1) is 14.5. The van der Waals surface area contributed by atoms with E-state index in [-0.39, 0.29) is 5.69 Å². The van der Waals surface area contributed by atoms with Gasteiger partial charge in [0.05, 0.1) is 11.2 Å². The maximum atomic E-state index is 15.2. The number of nitrogens with one attached hydrogen (secondary N) is 2. The second kappa shape index (κ2) is 7.06. The van der Waals surface area contributed by atoms with Gasteiger partial charge in [0.25, 0.3) is 0 Å². The van der Waals surface area contributed by atoms with Gasteiger partial charge in [0.15, 0.2) is 5.82 Å². The summed E-state index contributed by atoms with van der Waals surface area (Å²) in [4.78, 5) is 13.2. The molecule has 10 heteroatoms. The zero-order valence-electron chi connectivity index (χ0n) is 16.3. The predicted molar refractivity (Wildman–Crippen MR) is 116 cm³/mol. The van der Waals surface area contributed by atoms with Gasteiger partial charge in [-0.25, -0.2) is 19.3 Å². The van der Waals surface area contributed by atoms with E-state index in [1.54, 1.807) is 18.5 Å². The Bertz CT molecular complexity index is 1290. The Kier molecular flexibility index (Phi) is 4.35. The van der Waals surface area contributed by atoms with Gasteiger partial charge in [-0.2, -0.15) is 4.37 Å². The lowest BCUT2D eigenvalue weighted by Gasteiger charge is -2.22. The van der Waals surface area contributed by atoms with E-state index in [1.165, 1.54) is 17.7 Å². The molecule has 0 amide bonds. The number of nitrogens with zero attached hydrogens (tertiary/aromatic N) is 4. The fourth-order valence-corrected chi connectivity index (χ4v) is 4.09. The zero-order chi connectivity index (χ0) is 20.8. The van der Waals surface area contributed by atoms with Crippen molar-refractivity contribution in [1.82, 2.24) is 19.3 Å². The van der Waals surface area contributed by atoms with E-state index in [9.17, 15) is 0 Å². The molecule has 0 spiro atoms. The van der Waals surface area contributed by atoms with E-state index in [2.05, 4.69) is 30.0 Å². The van der Waals surface area contributed by atoms with Crippen molar-refractivity contribution in [2.24, 2.45) is 0 Å². The third-order valence-corrected chi connectivity index (χ3v) is 5.89. The van der Waals surface area contributed by atoms with Gasteiger partial charge < -0.3 is 21.1 Å². The molecule has 30 heavy (non-hydrogen) atoms. The maximum Gasteiger partial charge on any atom is 0.237 e. The van der Waals surface area contributed by atoms with Crippen LogP contribution in [-0.2, 0) is 0 Å². The minimum atomic E-state index is -0.522. The summed E-state index contributed by atoms with van der Waals surface area (Å²) in [5, 5.41) is 7.72. The lowest BCUT2D eigenvalue weighted by molar-refractivity contribution is 0.310. The number of pyridine rings is 1. The number of fused-ring (bicyclic) bond motifs is 2. The van der Waals surface area contributed by atoms with Gasteiger partial charge in [0.1, 0.15) is 17.3 Å². The molecular formula is C20H18FN7OS. The summed E-state index contributed by atoms with van der Waals surface area (Å²) in [5.41, 5.74) is 10.2. The van der Waals surface area contributed by atoms with Crippen molar-refractivity contribution in [2.45, 2.75) is 13.8 Å². The molecule has 0 bridgehead atoms. The summed E-state index contributed by atoms with van der Waals surface area (Å²) >= 11 is 1.32. The molecule has 1 aliphatic rings. The van der Waals surface area contributed by atoms with Gasteiger partial charge >= 0.3 is 0 Å². The SMILES string of the molecule is Cc1cnsc1Nc1ncc2c(N)c(F)c(-c3cnc4c(c3C)NCCO4)cc2n1. The van der Waals surface area contributed by atoms with Crippen LogP contribution < -0.4 is 21.1 Å². The summed E-state index contributed by atoms with van der Waals surface area (Å²) in [6, 6.07) is 1.67. The van der Waals surface area contributed by atoms with E-state index < -0.39 is 5.82 Å². The summed E-state index contributed by atoms with van der Waals surface area (Å²) in [6.07, 6.45) is 4.89. The van der Waals surface area contributed by atoms with Crippen molar-refractivity contribution in [3.8, 4) is 17.0 Å². The molecule has 8 nitrogen and oxygen atoms in total.